The van der Waals surface area contributed by atoms with Crippen LogP contribution in [0.1, 0.15) is 20.3 Å². The van der Waals surface area contributed by atoms with E-state index in [2.05, 4.69) is 10.3 Å². The third-order valence-electron chi connectivity index (χ3n) is 3.04. The maximum atomic E-state index is 11.9. The van der Waals surface area contributed by atoms with Gasteiger partial charge in [0, 0.05) is 0 Å². The fourth-order valence-electron chi connectivity index (χ4n) is 2.10. The number of piperidine rings is 1. The van der Waals surface area contributed by atoms with Gasteiger partial charge in [0.1, 0.15) is 5.84 Å². The van der Waals surface area contributed by atoms with E-state index in [0.717, 1.165) is 0 Å². The Morgan fingerprint density at radius 2 is 2.00 bits per heavy atom. The number of aliphatic imine (C=N–C) groups is 1. The van der Waals surface area contributed by atoms with Crippen molar-refractivity contribution in [2.75, 3.05) is 0 Å². The molecule has 3 atom stereocenters. The summed E-state index contributed by atoms with van der Waals surface area (Å²) < 4.78 is 0. The summed E-state index contributed by atoms with van der Waals surface area (Å²) in [5.41, 5.74) is 0. The molecule has 2 heterocycles. The van der Waals surface area contributed by atoms with Gasteiger partial charge >= 0.3 is 0 Å². The van der Waals surface area contributed by atoms with Crippen molar-refractivity contribution in [1.29, 1.82) is 0 Å². The summed E-state index contributed by atoms with van der Waals surface area (Å²) in [4.78, 5) is 38.4. The molecule has 15 heavy (non-hydrogen) atoms. The highest BCUT2D eigenvalue weighted by atomic mass is 16.2. The lowest BCUT2D eigenvalue weighted by atomic mass is 9.80. The molecule has 0 saturated carbocycles. The van der Waals surface area contributed by atoms with Crippen molar-refractivity contribution < 1.29 is 14.4 Å². The lowest BCUT2D eigenvalue weighted by Crippen LogP contribution is -2.52. The number of amides is 2. The van der Waals surface area contributed by atoms with Crippen LogP contribution in [0, 0.1) is 17.8 Å². The van der Waals surface area contributed by atoms with Gasteiger partial charge in [-0.1, -0.05) is 13.8 Å². The molecule has 2 aliphatic heterocycles. The van der Waals surface area contributed by atoms with Crippen LogP contribution in [0.15, 0.2) is 4.99 Å². The first-order chi connectivity index (χ1) is 7.06. The van der Waals surface area contributed by atoms with Gasteiger partial charge in [-0.05, 0) is 6.42 Å². The van der Waals surface area contributed by atoms with Crippen LogP contribution >= 0.6 is 0 Å². The molecule has 0 aliphatic carbocycles. The Morgan fingerprint density at radius 3 is 2.60 bits per heavy atom. The van der Waals surface area contributed by atoms with Gasteiger partial charge in [0.05, 0.1) is 17.8 Å². The van der Waals surface area contributed by atoms with E-state index in [4.69, 9.17) is 0 Å². The predicted octanol–water partition coefficient (Wildman–Crippen LogP) is -0.0975. The topological polar surface area (TPSA) is 75.6 Å². The van der Waals surface area contributed by atoms with E-state index in [1.807, 2.05) is 0 Å². The molecule has 0 aromatic rings. The van der Waals surface area contributed by atoms with Crippen molar-refractivity contribution in [2.24, 2.45) is 22.7 Å². The minimum atomic E-state index is -0.623. The molecule has 0 aromatic carbocycles. The molecule has 0 spiro atoms. The maximum Gasteiger partial charge on any atom is 0.251 e. The normalized spacial score (nSPS) is 34.9. The Balaban J connectivity index is 2.36. The summed E-state index contributed by atoms with van der Waals surface area (Å²) in [6.07, 6.45) is 0.468. The fourth-order valence-corrected chi connectivity index (χ4v) is 2.10. The highest BCUT2D eigenvalue weighted by molar-refractivity contribution is 6.26. The van der Waals surface area contributed by atoms with Crippen LogP contribution in [0.25, 0.3) is 0 Å². The van der Waals surface area contributed by atoms with Crippen molar-refractivity contribution in [3.05, 3.63) is 0 Å². The van der Waals surface area contributed by atoms with E-state index in [9.17, 15) is 14.4 Å². The molecule has 0 unspecified atom stereocenters. The van der Waals surface area contributed by atoms with E-state index in [1.165, 1.54) is 0 Å². The van der Waals surface area contributed by atoms with Gasteiger partial charge in [-0.15, -0.1) is 0 Å². The zero-order valence-electron chi connectivity index (χ0n) is 8.61. The highest BCUT2D eigenvalue weighted by Crippen LogP contribution is 2.29. The first-order valence-electron chi connectivity index (χ1n) is 5.03. The van der Waals surface area contributed by atoms with Gasteiger partial charge in [-0.2, -0.15) is 4.99 Å². The Hall–Kier alpha value is -1.52. The summed E-state index contributed by atoms with van der Waals surface area (Å²) in [6.45, 7) is 3.46. The number of amidine groups is 1. The number of carbonyl (C=O) groups excluding carboxylic acids is 3. The first kappa shape index (κ1) is 10.0. The molecular weight excluding hydrogens is 196 g/mol. The number of ketones is 1. The van der Waals surface area contributed by atoms with Crippen LogP contribution in [-0.4, -0.2) is 23.4 Å². The van der Waals surface area contributed by atoms with Gasteiger partial charge in [-0.25, -0.2) is 0 Å². The number of Topliss-reactive ketones (excluding diaryl/α,β-unsaturated/α-hetero) is 1. The molecule has 2 aliphatic rings. The molecule has 5 heteroatoms. The first-order valence-corrected chi connectivity index (χ1v) is 5.03. The smallest absolute Gasteiger partial charge is 0.251 e. The van der Waals surface area contributed by atoms with Crippen molar-refractivity contribution in [3.63, 3.8) is 0 Å². The van der Waals surface area contributed by atoms with Gasteiger partial charge in [0.15, 0.2) is 5.78 Å². The molecule has 2 rings (SSSR count). The molecule has 1 fully saturated rings. The molecule has 0 bridgehead atoms. The third-order valence-corrected chi connectivity index (χ3v) is 3.04. The molecule has 1 N–H and O–H groups in total. The Morgan fingerprint density at radius 1 is 1.33 bits per heavy atom. The zero-order chi connectivity index (χ0) is 11.2. The Bertz CT molecular complexity index is 386. The van der Waals surface area contributed by atoms with Gasteiger partial charge in [0.25, 0.3) is 5.91 Å². The monoisotopic (exact) mass is 208 g/mol. The quantitative estimate of drug-likeness (QED) is 0.611. The average Bonchev–Trinajstić information content (AvgIpc) is 2.43. The van der Waals surface area contributed by atoms with Gasteiger partial charge < -0.3 is 5.32 Å². The standard InChI is InChI=1S/C10H12N2O3/c1-3-5-7(13)6-4(2)9(14)11-8(6)12-10(5)15/h4-6H,3H2,1-2H3,(H,11,12,14,15)/t4-,5-,6+/m0/s1. The Kier molecular flexibility index (Phi) is 2.17. The van der Waals surface area contributed by atoms with E-state index in [1.54, 1.807) is 13.8 Å². The largest absolute Gasteiger partial charge is 0.313 e. The summed E-state index contributed by atoms with van der Waals surface area (Å²) in [6, 6.07) is 0. The molecular formula is C10H12N2O3. The lowest BCUT2D eigenvalue weighted by Gasteiger charge is -2.26. The number of hydrogen-bond donors (Lipinski definition) is 1. The Labute approximate surface area is 86.9 Å². The minimum Gasteiger partial charge on any atom is -0.313 e. The van der Waals surface area contributed by atoms with Gasteiger partial charge in [0.2, 0.25) is 5.91 Å². The molecule has 5 nitrogen and oxygen atoms in total. The van der Waals surface area contributed by atoms with Gasteiger partial charge in [-0.3, -0.25) is 14.4 Å². The summed E-state index contributed by atoms with van der Waals surface area (Å²) in [5, 5.41) is 2.54. The number of hydrogen-bond acceptors (Lipinski definition) is 3. The maximum absolute atomic E-state index is 11.9. The van der Waals surface area contributed by atoms with Crippen LogP contribution in [0.5, 0.6) is 0 Å². The van der Waals surface area contributed by atoms with E-state index in [0.29, 0.717) is 6.42 Å². The predicted molar refractivity (Wildman–Crippen MR) is 52.0 cm³/mol. The molecule has 2 amide bonds. The molecule has 0 radical (unpaired) electrons. The molecule has 1 saturated heterocycles. The zero-order valence-corrected chi connectivity index (χ0v) is 8.61. The number of nitrogens with zero attached hydrogens (tertiary/aromatic N) is 1. The fraction of sp³-hybridized carbons (Fsp3) is 0.600. The minimum absolute atomic E-state index is 0.168. The molecule has 80 valence electrons. The summed E-state index contributed by atoms with van der Waals surface area (Å²) in [7, 11) is 0. The number of carbonyl (C=O) groups is 3. The van der Waals surface area contributed by atoms with Crippen molar-refractivity contribution in [2.45, 2.75) is 20.3 Å². The van der Waals surface area contributed by atoms with E-state index >= 15 is 0 Å². The summed E-state index contributed by atoms with van der Waals surface area (Å²) >= 11 is 0. The second kappa shape index (κ2) is 3.25. The van der Waals surface area contributed by atoms with E-state index in [-0.39, 0.29) is 23.4 Å². The third kappa shape index (κ3) is 1.30. The molecule has 0 aromatic heterocycles. The van der Waals surface area contributed by atoms with Crippen molar-refractivity contribution >= 4 is 23.4 Å². The van der Waals surface area contributed by atoms with Crippen LogP contribution in [0.3, 0.4) is 0 Å². The van der Waals surface area contributed by atoms with Crippen LogP contribution < -0.4 is 5.32 Å². The van der Waals surface area contributed by atoms with E-state index < -0.39 is 17.8 Å². The summed E-state index contributed by atoms with van der Waals surface area (Å²) in [5.74, 6) is -2.16. The second-order valence-corrected chi connectivity index (χ2v) is 3.95. The van der Waals surface area contributed by atoms with Crippen molar-refractivity contribution in [3.8, 4) is 0 Å². The van der Waals surface area contributed by atoms with Crippen LogP contribution in [0.4, 0.5) is 0 Å². The average molecular weight is 208 g/mol. The lowest BCUT2D eigenvalue weighted by molar-refractivity contribution is -0.138. The second-order valence-electron chi connectivity index (χ2n) is 3.95. The number of nitrogens with one attached hydrogen (secondary N) is 1. The number of fused-ring (bicyclic) bond motifs is 1. The highest BCUT2D eigenvalue weighted by Gasteiger charge is 2.48. The van der Waals surface area contributed by atoms with Crippen molar-refractivity contribution in [1.82, 2.24) is 5.32 Å². The van der Waals surface area contributed by atoms with Crippen LogP contribution in [-0.2, 0) is 14.4 Å². The SMILES string of the molecule is CC[C@@H]1C(=O)NC2=NC(=O)[C@@H](C)[C@@H]2C1=O. The number of rotatable bonds is 1. The van der Waals surface area contributed by atoms with Crippen LogP contribution in [0.2, 0.25) is 0 Å².